The molecule has 6 aromatic carbocycles. The maximum Gasteiger partial charge on any atom is 0.206 e. The minimum atomic E-state index is -3.72. The van der Waals surface area contributed by atoms with Crippen LogP contribution in [0.2, 0.25) is 0 Å². The molecule has 0 aliphatic heterocycles. The van der Waals surface area contributed by atoms with Gasteiger partial charge in [-0.05, 0) is 139 Å². The lowest BCUT2D eigenvalue weighted by atomic mass is 9.76. The fraction of sp³-hybridized carbons (Fsp3) is 0.234. The molecule has 0 saturated heterocycles. The topological polar surface area (TPSA) is 61.8 Å². The van der Waals surface area contributed by atoms with Crippen LogP contribution in [-0.2, 0) is 20.7 Å². The monoisotopic (exact) mass is 724 g/mol. The summed E-state index contributed by atoms with van der Waals surface area (Å²) in [5, 5.41) is 0. The predicted molar refractivity (Wildman–Crippen MR) is 214 cm³/mol. The van der Waals surface area contributed by atoms with Crippen molar-refractivity contribution in [1.82, 2.24) is 0 Å². The van der Waals surface area contributed by atoms with Crippen molar-refractivity contribution in [2.75, 3.05) is 0 Å². The highest BCUT2D eigenvalue weighted by Gasteiger charge is 2.24. The van der Waals surface area contributed by atoms with Crippen LogP contribution in [0.1, 0.15) is 72.1 Å². The molecule has 6 aromatic rings. The van der Waals surface area contributed by atoms with Crippen LogP contribution in [0.4, 0.5) is 0 Å². The van der Waals surface area contributed by atoms with E-state index in [1.807, 2.05) is 69.3 Å². The van der Waals surface area contributed by atoms with E-state index in [-0.39, 0.29) is 26.2 Å². The van der Waals surface area contributed by atoms with Crippen LogP contribution in [0, 0.1) is 0 Å². The quantitative estimate of drug-likeness (QED) is 0.141. The largest absolute Gasteiger partial charge is 0.488 e. The predicted octanol–water partition coefficient (Wildman–Crippen LogP) is 12.6. The van der Waals surface area contributed by atoms with Gasteiger partial charge in [0.1, 0.15) is 34.3 Å². The molecule has 0 heterocycles. The summed E-state index contributed by atoms with van der Waals surface area (Å²) in [7, 11) is -3.72. The summed E-state index contributed by atoms with van der Waals surface area (Å²) in [6.45, 7) is 17.2. The maximum absolute atomic E-state index is 13.5. The molecule has 0 radical (unpaired) electrons. The molecule has 0 aromatic heterocycles. The fourth-order valence-electron chi connectivity index (χ4n) is 6.06. The molecule has 0 fully saturated rings. The van der Waals surface area contributed by atoms with Crippen molar-refractivity contribution >= 4 is 9.84 Å². The highest BCUT2D eigenvalue weighted by molar-refractivity contribution is 7.91. The van der Waals surface area contributed by atoms with Gasteiger partial charge >= 0.3 is 0 Å². The van der Waals surface area contributed by atoms with E-state index in [2.05, 4.69) is 83.1 Å². The van der Waals surface area contributed by atoms with Crippen LogP contribution in [0.5, 0.6) is 28.7 Å². The summed E-state index contributed by atoms with van der Waals surface area (Å²) in [4.78, 5) is 0.431. The zero-order chi connectivity index (χ0) is 38.0. The molecule has 0 atom stereocenters. The maximum atomic E-state index is 13.5. The Kier molecular flexibility index (Phi) is 10.3. The van der Waals surface area contributed by atoms with E-state index in [1.54, 1.807) is 48.5 Å². The first-order valence-electron chi connectivity index (χ1n) is 17.9. The summed E-state index contributed by atoms with van der Waals surface area (Å²) in [6.07, 6.45) is 0. The van der Waals surface area contributed by atoms with Gasteiger partial charge in [0, 0.05) is 5.41 Å². The standard InChI is InChI=1S/C47H48O5S/c1-45(2,3)35-15-17-37(18-16-35)47(7,8)36-13-9-33(10-14-36)34-11-29-43(30-12-34)53(48,49)44-31-27-41(28-32-44)51-39-21-19-38(20-22-39)50-40-23-25-42(26-24-40)52-46(4,5)6/h9-32H,1-8H3. The number of ether oxygens (including phenoxy) is 3. The molecule has 0 unspecified atom stereocenters. The molecule has 0 saturated carbocycles. The zero-order valence-corrected chi connectivity index (χ0v) is 32.6. The van der Waals surface area contributed by atoms with Crippen LogP contribution in [-0.4, -0.2) is 14.0 Å². The molecule has 6 heteroatoms. The van der Waals surface area contributed by atoms with Crippen molar-refractivity contribution in [3.8, 4) is 39.9 Å². The van der Waals surface area contributed by atoms with Crippen molar-refractivity contribution in [2.45, 2.75) is 81.6 Å². The van der Waals surface area contributed by atoms with Gasteiger partial charge in [-0.25, -0.2) is 8.42 Å². The summed E-state index contributed by atoms with van der Waals surface area (Å²) < 4.78 is 44.9. The zero-order valence-electron chi connectivity index (χ0n) is 31.8. The number of benzene rings is 6. The summed E-state index contributed by atoms with van der Waals surface area (Å²) in [6, 6.07) is 45.7. The molecule has 6 rings (SSSR count). The molecular formula is C47H48O5S. The highest BCUT2D eigenvalue weighted by atomic mass is 32.2. The molecule has 0 spiro atoms. The Morgan fingerprint density at radius 3 is 1.06 bits per heavy atom. The first-order valence-corrected chi connectivity index (χ1v) is 19.4. The second-order valence-electron chi connectivity index (χ2n) is 15.9. The third-order valence-electron chi connectivity index (χ3n) is 9.25. The van der Waals surface area contributed by atoms with Gasteiger partial charge in [0.25, 0.3) is 0 Å². The van der Waals surface area contributed by atoms with Gasteiger partial charge in [-0.2, -0.15) is 0 Å². The number of hydrogen-bond acceptors (Lipinski definition) is 5. The van der Waals surface area contributed by atoms with Crippen LogP contribution in [0.25, 0.3) is 11.1 Å². The van der Waals surface area contributed by atoms with Gasteiger partial charge < -0.3 is 14.2 Å². The summed E-state index contributed by atoms with van der Waals surface area (Å²) >= 11 is 0. The van der Waals surface area contributed by atoms with Gasteiger partial charge in [0.05, 0.1) is 9.79 Å². The van der Waals surface area contributed by atoms with E-state index in [9.17, 15) is 8.42 Å². The van der Waals surface area contributed by atoms with Gasteiger partial charge in [0.2, 0.25) is 9.84 Å². The minimum Gasteiger partial charge on any atom is -0.488 e. The van der Waals surface area contributed by atoms with Crippen molar-refractivity contribution in [3.05, 3.63) is 162 Å². The SMILES string of the molecule is CC(C)(C)Oc1ccc(Oc2ccc(Oc3ccc(S(=O)(=O)c4ccc(-c5ccc(C(C)(C)c6ccc(C(C)(C)C)cc6)cc5)cc4)cc3)cc2)cc1. The first kappa shape index (κ1) is 37.4. The molecule has 0 amide bonds. The van der Waals surface area contributed by atoms with Crippen LogP contribution in [0.3, 0.4) is 0 Å². The Morgan fingerprint density at radius 2 is 0.679 bits per heavy atom. The van der Waals surface area contributed by atoms with Gasteiger partial charge in [-0.3, -0.25) is 0 Å². The van der Waals surface area contributed by atoms with Gasteiger partial charge in [-0.1, -0.05) is 95.3 Å². The number of rotatable bonds is 10. The lowest BCUT2D eigenvalue weighted by molar-refractivity contribution is 0.131. The van der Waals surface area contributed by atoms with Crippen LogP contribution >= 0.6 is 0 Å². The van der Waals surface area contributed by atoms with E-state index in [0.29, 0.717) is 23.0 Å². The van der Waals surface area contributed by atoms with Gasteiger partial charge in [0.15, 0.2) is 0 Å². The Labute approximate surface area is 315 Å². The second kappa shape index (κ2) is 14.6. The normalized spacial score (nSPS) is 12.3. The lowest BCUT2D eigenvalue weighted by Gasteiger charge is -2.28. The number of hydrogen-bond donors (Lipinski definition) is 0. The number of sulfone groups is 1. The van der Waals surface area contributed by atoms with Crippen LogP contribution < -0.4 is 14.2 Å². The van der Waals surface area contributed by atoms with E-state index in [4.69, 9.17) is 14.2 Å². The molecule has 0 N–H and O–H groups in total. The fourth-order valence-corrected chi connectivity index (χ4v) is 7.32. The third kappa shape index (κ3) is 9.01. The molecule has 0 aliphatic carbocycles. The van der Waals surface area contributed by atoms with Gasteiger partial charge in [-0.15, -0.1) is 0 Å². The average Bonchev–Trinajstić information content (AvgIpc) is 3.13. The first-order chi connectivity index (χ1) is 25.0. The average molecular weight is 725 g/mol. The summed E-state index contributed by atoms with van der Waals surface area (Å²) in [5.74, 6) is 3.26. The minimum absolute atomic E-state index is 0.113. The molecule has 53 heavy (non-hydrogen) atoms. The third-order valence-corrected chi connectivity index (χ3v) is 11.0. The van der Waals surface area contributed by atoms with E-state index >= 15 is 0 Å². The second-order valence-corrected chi connectivity index (χ2v) is 17.8. The molecular weight excluding hydrogens is 677 g/mol. The Hall–Kier alpha value is -5.33. The lowest BCUT2D eigenvalue weighted by Crippen LogP contribution is -2.22. The Morgan fingerprint density at radius 1 is 0.377 bits per heavy atom. The van der Waals surface area contributed by atoms with E-state index in [0.717, 1.165) is 16.9 Å². The highest BCUT2D eigenvalue weighted by Crippen LogP contribution is 2.35. The molecule has 0 bridgehead atoms. The smallest absolute Gasteiger partial charge is 0.206 e. The molecule has 272 valence electrons. The van der Waals surface area contributed by atoms with Crippen LogP contribution in [0.15, 0.2) is 155 Å². The van der Waals surface area contributed by atoms with Crippen molar-refractivity contribution in [3.63, 3.8) is 0 Å². The van der Waals surface area contributed by atoms with Crippen molar-refractivity contribution < 1.29 is 22.6 Å². The Balaban J connectivity index is 1.07. The Bertz CT molecular complexity index is 2240. The van der Waals surface area contributed by atoms with E-state index < -0.39 is 9.84 Å². The van der Waals surface area contributed by atoms with E-state index in [1.165, 1.54) is 16.7 Å². The summed E-state index contributed by atoms with van der Waals surface area (Å²) in [5.41, 5.74) is 5.45. The molecule has 5 nitrogen and oxygen atoms in total. The van der Waals surface area contributed by atoms with Crippen molar-refractivity contribution in [2.24, 2.45) is 0 Å². The van der Waals surface area contributed by atoms with Crippen molar-refractivity contribution in [1.29, 1.82) is 0 Å². The molecule has 0 aliphatic rings.